The first-order chi connectivity index (χ1) is 11.4. The minimum Gasteiger partial charge on any atom is -0.358 e. The molecule has 4 rings (SSSR count). The maximum Gasteiger partial charge on any atom is 0.0669 e. The molecule has 0 aliphatic carbocycles. The van der Waals surface area contributed by atoms with E-state index in [4.69, 9.17) is 5.26 Å². The van der Waals surface area contributed by atoms with Crippen molar-refractivity contribution in [3.05, 3.63) is 59.3 Å². The van der Waals surface area contributed by atoms with Gasteiger partial charge in [-0.15, -0.1) is 0 Å². The molecule has 114 valence electrons. The van der Waals surface area contributed by atoms with E-state index < -0.39 is 0 Å². The summed E-state index contributed by atoms with van der Waals surface area (Å²) >= 11 is 0. The molecule has 0 unspecified atom stereocenters. The Bertz CT molecular complexity index is 899. The van der Waals surface area contributed by atoms with Crippen molar-refractivity contribution in [3.8, 4) is 17.2 Å². The lowest BCUT2D eigenvalue weighted by molar-refractivity contribution is 0.708. The standard InChI is InChI=1S/C20H19N3/c21-10-7-14-3-1-4-15(13-14)16-5-2-6-19-20(16)17-8-11-22-12-9-18(17)23-19/h1-6,13,22-23H,7-9,11-12H2. The zero-order valence-corrected chi connectivity index (χ0v) is 13.0. The summed E-state index contributed by atoms with van der Waals surface area (Å²) < 4.78 is 0. The van der Waals surface area contributed by atoms with Crippen molar-refractivity contribution in [2.75, 3.05) is 13.1 Å². The Morgan fingerprint density at radius 2 is 1.91 bits per heavy atom. The molecule has 3 nitrogen and oxygen atoms in total. The molecule has 0 bridgehead atoms. The smallest absolute Gasteiger partial charge is 0.0669 e. The highest BCUT2D eigenvalue weighted by Gasteiger charge is 2.17. The summed E-state index contributed by atoms with van der Waals surface area (Å²) in [7, 11) is 0. The van der Waals surface area contributed by atoms with E-state index in [1.807, 2.05) is 12.1 Å². The number of fused-ring (bicyclic) bond motifs is 3. The number of nitriles is 1. The molecule has 1 aliphatic rings. The fourth-order valence-electron chi connectivity index (χ4n) is 3.59. The largest absolute Gasteiger partial charge is 0.358 e. The highest BCUT2D eigenvalue weighted by Crippen LogP contribution is 2.34. The van der Waals surface area contributed by atoms with Gasteiger partial charge in [0.05, 0.1) is 12.5 Å². The van der Waals surface area contributed by atoms with Crippen molar-refractivity contribution in [2.45, 2.75) is 19.3 Å². The molecule has 1 aromatic heterocycles. The molecule has 2 aromatic carbocycles. The summed E-state index contributed by atoms with van der Waals surface area (Å²) in [5.41, 5.74) is 7.58. The summed E-state index contributed by atoms with van der Waals surface area (Å²) in [5, 5.41) is 13.8. The molecule has 0 saturated carbocycles. The van der Waals surface area contributed by atoms with Crippen LogP contribution in [0.2, 0.25) is 0 Å². The number of nitrogens with one attached hydrogen (secondary N) is 2. The number of nitrogens with zero attached hydrogens (tertiary/aromatic N) is 1. The second-order valence-electron chi connectivity index (χ2n) is 6.10. The van der Waals surface area contributed by atoms with Gasteiger partial charge >= 0.3 is 0 Å². The SMILES string of the molecule is N#CCc1cccc(-c2cccc3[nH]c4c(c23)CCNCC4)c1. The Labute approximate surface area is 136 Å². The molecule has 2 N–H and O–H groups in total. The first kappa shape index (κ1) is 14.0. The summed E-state index contributed by atoms with van der Waals surface area (Å²) in [5.74, 6) is 0. The number of hydrogen-bond acceptors (Lipinski definition) is 2. The van der Waals surface area contributed by atoms with Gasteiger partial charge in [0.15, 0.2) is 0 Å². The van der Waals surface area contributed by atoms with Gasteiger partial charge in [-0.1, -0.05) is 36.4 Å². The normalized spacial score (nSPS) is 14.2. The zero-order chi connectivity index (χ0) is 15.6. The third-order valence-corrected chi connectivity index (χ3v) is 4.64. The van der Waals surface area contributed by atoms with E-state index in [1.165, 1.54) is 33.3 Å². The van der Waals surface area contributed by atoms with E-state index in [-0.39, 0.29) is 0 Å². The Morgan fingerprint density at radius 1 is 1.04 bits per heavy atom. The van der Waals surface area contributed by atoms with Crippen LogP contribution in [0.5, 0.6) is 0 Å². The lowest BCUT2D eigenvalue weighted by Crippen LogP contribution is -2.16. The van der Waals surface area contributed by atoms with Crippen LogP contribution in [0.4, 0.5) is 0 Å². The molecule has 1 aliphatic heterocycles. The molecule has 0 saturated heterocycles. The molecule has 3 heteroatoms. The van der Waals surface area contributed by atoms with Crippen molar-refractivity contribution in [3.63, 3.8) is 0 Å². The fraction of sp³-hybridized carbons (Fsp3) is 0.250. The number of aromatic amines is 1. The number of aromatic nitrogens is 1. The van der Waals surface area contributed by atoms with Crippen molar-refractivity contribution >= 4 is 10.9 Å². The van der Waals surface area contributed by atoms with Gasteiger partial charge in [0.2, 0.25) is 0 Å². The molecule has 2 heterocycles. The van der Waals surface area contributed by atoms with Gasteiger partial charge in [0.1, 0.15) is 0 Å². The first-order valence-electron chi connectivity index (χ1n) is 8.16. The van der Waals surface area contributed by atoms with Gasteiger partial charge in [0.25, 0.3) is 0 Å². The third-order valence-electron chi connectivity index (χ3n) is 4.64. The molecule has 23 heavy (non-hydrogen) atoms. The predicted octanol–water partition coefficient (Wildman–Crippen LogP) is 3.59. The predicted molar refractivity (Wildman–Crippen MR) is 93.3 cm³/mol. The Kier molecular flexibility index (Phi) is 3.61. The van der Waals surface area contributed by atoms with Crippen LogP contribution in [0.3, 0.4) is 0 Å². The van der Waals surface area contributed by atoms with Crippen LogP contribution in [0.25, 0.3) is 22.0 Å². The van der Waals surface area contributed by atoms with E-state index in [9.17, 15) is 0 Å². The van der Waals surface area contributed by atoms with Crippen LogP contribution in [0, 0.1) is 11.3 Å². The van der Waals surface area contributed by atoms with Crippen molar-refractivity contribution in [2.24, 2.45) is 0 Å². The van der Waals surface area contributed by atoms with Crippen molar-refractivity contribution in [1.82, 2.24) is 10.3 Å². The van der Waals surface area contributed by atoms with Gasteiger partial charge < -0.3 is 10.3 Å². The second kappa shape index (κ2) is 5.91. The van der Waals surface area contributed by atoms with E-state index in [1.54, 1.807) is 0 Å². The number of benzene rings is 2. The van der Waals surface area contributed by atoms with Crippen molar-refractivity contribution in [1.29, 1.82) is 5.26 Å². The van der Waals surface area contributed by atoms with Crippen LogP contribution in [0.15, 0.2) is 42.5 Å². The summed E-state index contributed by atoms with van der Waals surface area (Å²) in [6.07, 6.45) is 2.57. The molecule has 0 amide bonds. The average molecular weight is 301 g/mol. The zero-order valence-electron chi connectivity index (χ0n) is 13.0. The van der Waals surface area contributed by atoms with Crippen LogP contribution in [0.1, 0.15) is 16.8 Å². The molecule has 3 aromatic rings. The summed E-state index contributed by atoms with van der Waals surface area (Å²) in [6, 6.07) is 17.1. The minimum absolute atomic E-state index is 0.457. The lowest BCUT2D eigenvalue weighted by Gasteiger charge is -2.08. The highest BCUT2D eigenvalue weighted by molar-refractivity contribution is 5.98. The van der Waals surface area contributed by atoms with E-state index in [0.29, 0.717) is 6.42 Å². The van der Waals surface area contributed by atoms with E-state index in [2.05, 4.69) is 46.7 Å². The molecule has 0 radical (unpaired) electrons. The molecule has 0 atom stereocenters. The van der Waals surface area contributed by atoms with Crippen LogP contribution in [-0.4, -0.2) is 18.1 Å². The number of H-pyrrole nitrogens is 1. The molecule has 0 spiro atoms. The summed E-state index contributed by atoms with van der Waals surface area (Å²) in [4.78, 5) is 3.61. The van der Waals surface area contributed by atoms with Crippen molar-refractivity contribution < 1.29 is 0 Å². The summed E-state index contributed by atoms with van der Waals surface area (Å²) in [6.45, 7) is 2.07. The fourth-order valence-corrected chi connectivity index (χ4v) is 3.59. The van der Waals surface area contributed by atoms with Crippen LogP contribution >= 0.6 is 0 Å². The third kappa shape index (κ3) is 2.52. The molecular weight excluding hydrogens is 282 g/mol. The quantitative estimate of drug-likeness (QED) is 0.760. The van der Waals surface area contributed by atoms with Gasteiger partial charge in [-0.3, -0.25) is 0 Å². The number of hydrogen-bond donors (Lipinski definition) is 2. The van der Waals surface area contributed by atoms with E-state index in [0.717, 1.165) is 31.5 Å². The Hall–Kier alpha value is -2.57. The van der Waals surface area contributed by atoms with Crippen LogP contribution < -0.4 is 5.32 Å². The molecular formula is C20H19N3. The van der Waals surface area contributed by atoms with Gasteiger partial charge in [-0.2, -0.15) is 5.26 Å². The van der Waals surface area contributed by atoms with Gasteiger partial charge in [-0.05, 0) is 41.3 Å². The topological polar surface area (TPSA) is 51.6 Å². The van der Waals surface area contributed by atoms with Crippen LogP contribution in [-0.2, 0) is 19.3 Å². The monoisotopic (exact) mass is 301 g/mol. The van der Waals surface area contributed by atoms with Gasteiger partial charge in [0, 0.05) is 29.6 Å². The maximum atomic E-state index is 8.95. The first-order valence-corrected chi connectivity index (χ1v) is 8.16. The number of rotatable bonds is 2. The lowest BCUT2D eigenvalue weighted by atomic mass is 9.95. The minimum atomic E-state index is 0.457. The average Bonchev–Trinajstić information content (AvgIpc) is 2.77. The highest BCUT2D eigenvalue weighted by atomic mass is 14.9. The molecule has 0 fully saturated rings. The van der Waals surface area contributed by atoms with Gasteiger partial charge in [-0.25, -0.2) is 0 Å². The Morgan fingerprint density at radius 3 is 2.83 bits per heavy atom. The second-order valence-corrected chi connectivity index (χ2v) is 6.10. The maximum absolute atomic E-state index is 8.95. The Balaban J connectivity index is 1.92. The van der Waals surface area contributed by atoms with E-state index >= 15 is 0 Å².